The normalized spacial score (nSPS) is 14.3. The highest BCUT2D eigenvalue weighted by molar-refractivity contribution is 7.22. The number of rotatable bonds is 7. The Balaban J connectivity index is 0.00000306. The molecule has 2 aromatic carbocycles. The number of amides is 1. The van der Waals surface area contributed by atoms with Crippen LogP contribution in [0, 0.1) is 25.5 Å². The molecule has 1 aliphatic heterocycles. The zero-order chi connectivity index (χ0) is 22.7. The van der Waals surface area contributed by atoms with Gasteiger partial charge in [0.05, 0.1) is 24.3 Å². The van der Waals surface area contributed by atoms with Crippen LogP contribution in [0.5, 0.6) is 0 Å². The minimum absolute atomic E-state index is 0. The second-order valence-corrected chi connectivity index (χ2v) is 9.19. The first-order valence-electron chi connectivity index (χ1n) is 10.8. The summed E-state index contributed by atoms with van der Waals surface area (Å²) in [6, 6.07) is 8.08. The van der Waals surface area contributed by atoms with Crippen LogP contribution >= 0.6 is 23.7 Å². The van der Waals surface area contributed by atoms with Gasteiger partial charge in [-0.3, -0.25) is 14.6 Å². The molecule has 0 atom stereocenters. The van der Waals surface area contributed by atoms with Crippen LogP contribution in [-0.4, -0.2) is 55.2 Å². The van der Waals surface area contributed by atoms with Gasteiger partial charge in [-0.05, 0) is 43.0 Å². The zero-order valence-corrected chi connectivity index (χ0v) is 20.4. The van der Waals surface area contributed by atoms with Gasteiger partial charge in [-0.1, -0.05) is 29.5 Å². The van der Waals surface area contributed by atoms with E-state index >= 15 is 0 Å². The summed E-state index contributed by atoms with van der Waals surface area (Å²) in [5.74, 6) is -1.46. The Morgan fingerprint density at radius 2 is 1.91 bits per heavy atom. The van der Waals surface area contributed by atoms with Crippen molar-refractivity contribution in [3.63, 3.8) is 0 Å². The van der Waals surface area contributed by atoms with Gasteiger partial charge in [0, 0.05) is 32.2 Å². The summed E-state index contributed by atoms with van der Waals surface area (Å²) in [6.07, 6.45) is 0.983. The third-order valence-electron chi connectivity index (χ3n) is 5.82. The zero-order valence-electron chi connectivity index (χ0n) is 18.8. The molecule has 0 saturated carbocycles. The predicted octanol–water partition coefficient (Wildman–Crippen LogP) is 4.91. The van der Waals surface area contributed by atoms with Crippen LogP contribution in [0.1, 0.15) is 23.1 Å². The number of thiazole rings is 1. The molecule has 1 aromatic heterocycles. The van der Waals surface area contributed by atoms with Gasteiger partial charge in [-0.15, -0.1) is 12.4 Å². The number of hydrogen-bond donors (Lipinski definition) is 0. The number of halogens is 3. The quantitative estimate of drug-likeness (QED) is 0.467. The van der Waals surface area contributed by atoms with Crippen molar-refractivity contribution >= 4 is 45.0 Å². The number of ether oxygens (including phenoxy) is 1. The fraction of sp³-hybridized carbons (Fsp3) is 0.417. The van der Waals surface area contributed by atoms with E-state index in [0.717, 1.165) is 67.8 Å². The molecule has 4 rings (SSSR count). The standard InChI is InChI=1S/C24H27F2N3O2S.ClH/c1-16-4-5-18(12-17(16)2)13-22(30)29(7-3-6-28-8-10-31-11-9-28)24-27-23-20(26)14-19(25)15-21(23)32-24;/h4-5,12,14-15H,3,6-11,13H2,1-2H3;1H. The minimum atomic E-state index is -0.711. The number of fused-ring (bicyclic) bond motifs is 1. The third kappa shape index (κ3) is 6.26. The fourth-order valence-electron chi connectivity index (χ4n) is 3.85. The first-order valence-corrected chi connectivity index (χ1v) is 11.6. The van der Waals surface area contributed by atoms with E-state index in [1.54, 1.807) is 4.90 Å². The van der Waals surface area contributed by atoms with Crippen molar-refractivity contribution in [2.45, 2.75) is 26.7 Å². The van der Waals surface area contributed by atoms with Gasteiger partial charge < -0.3 is 4.74 Å². The highest BCUT2D eigenvalue weighted by Gasteiger charge is 2.22. The van der Waals surface area contributed by atoms with Crippen molar-refractivity contribution in [2.75, 3.05) is 44.3 Å². The van der Waals surface area contributed by atoms with Crippen molar-refractivity contribution in [3.05, 3.63) is 58.7 Å². The molecule has 0 spiro atoms. The molecule has 0 radical (unpaired) electrons. The molecular formula is C24H28ClF2N3O2S. The smallest absolute Gasteiger partial charge is 0.233 e. The van der Waals surface area contributed by atoms with Crippen LogP contribution in [0.3, 0.4) is 0 Å². The predicted molar refractivity (Wildman–Crippen MR) is 131 cm³/mol. The van der Waals surface area contributed by atoms with Gasteiger partial charge in [0.1, 0.15) is 11.3 Å². The lowest BCUT2D eigenvalue weighted by Crippen LogP contribution is -2.39. The summed E-state index contributed by atoms with van der Waals surface area (Å²) in [4.78, 5) is 21.6. The Morgan fingerprint density at radius 3 is 2.64 bits per heavy atom. The van der Waals surface area contributed by atoms with Crippen molar-refractivity contribution in [1.82, 2.24) is 9.88 Å². The first-order chi connectivity index (χ1) is 15.4. The molecule has 1 aliphatic rings. The maximum Gasteiger partial charge on any atom is 0.233 e. The minimum Gasteiger partial charge on any atom is -0.379 e. The Kier molecular flexibility index (Phi) is 8.75. The van der Waals surface area contributed by atoms with Gasteiger partial charge >= 0.3 is 0 Å². The second kappa shape index (κ2) is 11.3. The second-order valence-electron chi connectivity index (χ2n) is 8.18. The lowest BCUT2D eigenvalue weighted by Gasteiger charge is -2.27. The number of anilines is 1. The average Bonchev–Trinajstić information content (AvgIpc) is 3.18. The van der Waals surface area contributed by atoms with E-state index in [0.29, 0.717) is 16.4 Å². The third-order valence-corrected chi connectivity index (χ3v) is 6.85. The van der Waals surface area contributed by atoms with Crippen LogP contribution < -0.4 is 4.90 Å². The van der Waals surface area contributed by atoms with Crippen LogP contribution in [0.4, 0.5) is 13.9 Å². The number of benzene rings is 2. The van der Waals surface area contributed by atoms with E-state index in [-0.39, 0.29) is 30.3 Å². The average molecular weight is 496 g/mol. The fourth-order valence-corrected chi connectivity index (χ4v) is 4.90. The molecule has 1 saturated heterocycles. The monoisotopic (exact) mass is 495 g/mol. The van der Waals surface area contributed by atoms with Crippen molar-refractivity contribution in [1.29, 1.82) is 0 Å². The van der Waals surface area contributed by atoms with Gasteiger partial charge in [0.2, 0.25) is 5.91 Å². The van der Waals surface area contributed by atoms with Gasteiger partial charge in [0.25, 0.3) is 0 Å². The first kappa shape index (κ1) is 25.5. The topological polar surface area (TPSA) is 45.7 Å². The Bertz CT molecular complexity index is 1120. The number of nitrogens with zero attached hydrogens (tertiary/aromatic N) is 3. The lowest BCUT2D eigenvalue weighted by molar-refractivity contribution is -0.118. The summed E-state index contributed by atoms with van der Waals surface area (Å²) in [7, 11) is 0. The van der Waals surface area contributed by atoms with Gasteiger partial charge in [-0.25, -0.2) is 13.8 Å². The number of carbonyl (C=O) groups is 1. The summed E-state index contributed by atoms with van der Waals surface area (Å²) in [5.41, 5.74) is 3.33. The van der Waals surface area contributed by atoms with E-state index in [4.69, 9.17) is 4.74 Å². The molecule has 0 unspecified atom stereocenters. The molecule has 5 nitrogen and oxygen atoms in total. The van der Waals surface area contributed by atoms with E-state index in [2.05, 4.69) is 9.88 Å². The summed E-state index contributed by atoms with van der Waals surface area (Å²) in [6.45, 7) is 8.55. The van der Waals surface area contributed by atoms with E-state index in [1.165, 1.54) is 11.6 Å². The number of morpholine rings is 1. The van der Waals surface area contributed by atoms with Crippen molar-refractivity contribution in [2.24, 2.45) is 0 Å². The molecule has 33 heavy (non-hydrogen) atoms. The van der Waals surface area contributed by atoms with E-state index in [1.807, 2.05) is 32.0 Å². The van der Waals surface area contributed by atoms with Crippen LogP contribution in [0.25, 0.3) is 10.2 Å². The number of aromatic nitrogens is 1. The molecule has 9 heteroatoms. The highest BCUT2D eigenvalue weighted by atomic mass is 35.5. The van der Waals surface area contributed by atoms with Crippen molar-refractivity contribution < 1.29 is 18.3 Å². The molecule has 0 N–H and O–H groups in total. The van der Waals surface area contributed by atoms with Crippen LogP contribution in [-0.2, 0) is 16.0 Å². The number of aryl methyl sites for hydroxylation is 2. The molecular weight excluding hydrogens is 468 g/mol. The highest BCUT2D eigenvalue weighted by Crippen LogP contribution is 2.31. The Hall–Kier alpha value is -2.13. The Morgan fingerprint density at radius 1 is 1.15 bits per heavy atom. The molecule has 1 fully saturated rings. The Labute approximate surface area is 202 Å². The summed E-state index contributed by atoms with van der Waals surface area (Å²) < 4.78 is 33.7. The molecule has 178 valence electrons. The van der Waals surface area contributed by atoms with E-state index in [9.17, 15) is 13.6 Å². The van der Waals surface area contributed by atoms with Crippen LogP contribution in [0.15, 0.2) is 30.3 Å². The summed E-state index contributed by atoms with van der Waals surface area (Å²) >= 11 is 1.14. The molecule has 1 amide bonds. The summed E-state index contributed by atoms with van der Waals surface area (Å²) in [5, 5.41) is 0.403. The van der Waals surface area contributed by atoms with Gasteiger partial charge in [0.15, 0.2) is 10.9 Å². The van der Waals surface area contributed by atoms with Crippen LogP contribution in [0.2, 0.25) is 0 Å². The molecule has 0 aliphatic carbocycles. The molecule has 0 bridgehead atoms. The SMILES string of the molecule is Cc1ccc(CC(=O)N(CCCN2CCOCC2)c2nc3c(F)cc(F)cc3s2)cc1C.Cl. The maximum absolute atomic E-state index is 14.2. The lowest BCUT2D eigenvalue weighted by atomic mass is 10.0. The molecule has 2 heterocycles. The maximum atomic E-state index is 14.2. The number of hydrogen-bond acceptors (Lipinski definition) is 5. The largest absolute Gasteiger partial charge is 0.379 e. The van der Waals surface area contributed by atoms with Gasteiger partial charge in [-0.2, -0.15) is 0 Å². The van der Waals surface area contributed by atoms with Crippen molar-refractivity contribution in [3.8, 4) is 0 Å². The number of carbonyl (C=O) groups excluding carboxylic acids is 1. The van der Waals surface area contributed by atoms with E-state index < -0.39 is 11.6 Å². The molecule has 3 aromatic rings.